The maximum absolute atomic E-state index is 8.25. The molecule has 0 saturated heterocycles. The fraction of sp³-hybridized carbons (Fsp3) is 0. The summed E-state index contributed by atoms with van der Waals surface area (Å²) in [6, 6.07) is 0. The molecule has 0 fully saturated rings. The Morgan fingerprint density at radius 3 is 1.20 bits per heavy atom. The van der Waals surface area contributed by atoms with Crippen LogP contribution in [0.4, 0.5) is 0 Å². The average Bonchev–Trinajstić information content (AvgIpc) is 1.00. The number of hydrogen-bond acceptors (Lipinski definition) is 1. The Bertz CT molecular complexity index is 11.6. The summed E-state index contributed by atoms with van der Waals surface area (Å²) < 4.78 is 8.25. The summed E-state index contributed by atoms with van der Waals surface area (Å²) in [4.78, 5) is 0. The van der Waals surface area contributed by atoms with E-state index in [0.29, 0.717) is 0 Å². The van der Waals surface area contributed by atoms with E-state index >= 15 is 0 Å². The van der Waals surface area contributed by atoms with Crippen molar-refractivity contribution in [3.63, 3.8) is 0 Å². The molecule has 0 aliphatic carbocycles. The fourth-order valence-electron chi connectivity index (χ4n) is 0. The quantitative estimate of drug-likeness (QED) is 0.392. The summed E-state index contributed by atoms with van der Waals surface area (Å²) in [5, 5.41) is 0. The normalized spacial score (nSPS) is 1.00. The van der Waals surface area contributed by atoms with Crippen molar-refractivity contribution in [2.75, 3.05) is 0 Å². The third kappa shape index (κ3) is 18.1. The monoisotopic (exact) mass is 578 g/mol. The standard InChI is InChI=1S/Ce.Ir.La.O.Zr. The molecule has 0 aromatic heterocycles. The van der Waals surface area contributed by atoms with Crippen molar-refractivity contribution in [2.24, 2.45) is 0 Å². The van der Waals surface area contributed by atoms with E-state index in [9.17, 15) is 0 Å². The molecule has 0 bridgehead atoms. The van der Waals surface area contributed by atoms with Gasteiger partial charge >= 0.3 is 22.4 Å². The van der Waals surface area contributed by atoms with E-state index in [0.717, 1.165) is 18.9 Å². The SMILES string of the molecule is [Ce].[La].[O]=[Ir].[Zr]. The summed E-state index contributed by atoms with van der Waals surface area (Å²) in [6.45, 7) is 0. The zero-order valence-corrected chi connectivity index (χ0v) is 13.9. The van der Waals surface area contributed by atoms with Gasteiger partial charge in [0.25, 0.3) is 0 Å². The van der Waals surface area contributed by atoms with E-state index in [2.05, 4.69) is 0 Å². The van der Waals surface area contributed by atoms with Crippen molar-refractivity contribution in [1.29, 1.82) is 0 Å². The van der Waals surface area contributed by atoms with Crippen molar-refractivity contribution in [3.8, 4) is 0 Å². The molecule has 0 aromatic carbocycles. The number of rotatable bonds is 0. The topological polar surface area (TPSA) is 17.1 Å². The van der Waals surface area contributed by atoms with Gasteiger partial charge in [0.2, 0.25) is 0 Å². The third-order valence-corrected chi connectivity index (χ3v) is 0. The fourth-order valence-corrected chi connectivity index (χ4v) is 0. The van der Waals surface area contributed by atoms with Crippen LogP contribution in [0, 0.1) is 77.3 Å². The summed E-state index contributed by atoms with van der Waals surface area (Å²) in [7, 11) is 0. The second-order valence-electron chi connectivity index (χ2n) is 0. The second kappa shape index (κ2) is 24.7. The van der Waals surface area contributed by atoms with Gasteiger partial charge in [0.05, 0.1) is 0 Å². The second-order valence-corrected chi connectivity index (χ2v) is 0. The molecule has 0 atom stereocenters. The Balaban J connectivity index is -0.00000000167. The van der Waals surface area contributed by atoms with Gasteiger partial charge in [-0.25, -0.2) is 0 Å². The van der Waals surface area contributed by atoms with Gasteiger partial charge in [0.15, 0.2) is 0 Å². The van der Waals surface area contributed by atoms with Crippen LogP contribution in [0.5, 0.6) is 0 Å². The first-order valence-corrected chi connectivity index (χ1v) is 1.11. The molecule has 0 unspecified atom stereocenters. The van der Waals surface area contributed by atoms with Crippen LogP contribution in [0.25, 0.3) is 0 Å². The Morgan fingerprint density at radius 1 is 1.20 bits per heavy atom. The van der Waals surface area contributed by atoms with Crippen molar-refractivity contribution < 1.29 is 126 Å². The van der Waals surface area contributed by atoms with Crippen LogP contribution < -0.4 is 0 Å². The van der Waals surface area contributed by atoms with Crippen LogP contribution in [0.3, 0.4) is 0 Å². The van der Waals surface area contributed by atoms with E-state index in [1.807, 2.05) is 0 Å². The molecule has 0 N–H and O–H groups in total. The van der Waals surface area contributed by atoms with Gasteiger partial charge in [-0.3, -0.25) is 0 Å². The molecule has 0 heterocycles. The van der Waals surface area contributed by atoms with E-state index in [1.165, 1.54) is 0 Å². The van der Waals surface area contributed by atoms with E-state index in [1.54, 1.807) is 0 Å². The van der Waals surface area contributed by atoms with Gasteiger partial charge < -0.3 is 0 Å². The molecular formula is CeIrLaOZr. The minimum Gasteiger partial charge on any atom is 0 e. The molecule has 0 rings (SSSR count). The maximum Gasteiger partial charge on any atom is 0 e. The molecule has 0 aliphatic heterocycles. The van der Waals surface area contributed by atoms with Gasteiger partial charge in [-0.1, -0.05) is 0 Å². The predicted molar refractivity (Wildman–Crippen MR) is 0.686 cm³/mol. The Morgan fingerprint density at radius 2 is 1.20 bits per heavy atom. The van der Waals surface area contributed by atoms with E-state index in [-0.39, 0.29) is 104 Å². The van der Waals surface area contributed by atoms with Crippen LogP contribution >= 0.6 is 0 Å². The van der Waals surface area contributed by atoms with Crippen LogP contribution in [-0.4, -0.2) is 0 Å². The van der Waals surface area contributed by atoms with Crippen molar-refractivity contribution in [3.05, 3.63) is 0 Å². The number of hydrogen-bond donors (Lipinski definition) is 0. The zero-order chi connectivity index (χ0) is 2.00. The van der Waals surface area contributed by atoms with Gasteiger partial charge in [-0.15, -0.1) is 0 Å². The van der Waals surface area contributed by atoms with E-state index < -0.39 is 0 Å². The van der Waals surface area contributed by atoms with Gasteiger partial charge in [-0.2, -0.15) is 0 Å². The van der Waals surface area contributed by atoms with Gasteiger partial charge in [-0.05, 0) is 0 Å². The van der Waals surface area contributed by atoms with Crippen LogP contribution in [-0.2, 0) is 48.6 Å². The Kier molecular flexibility index (Phi) is 114. The molecular weight excluding hydrogens is 578 g/mol. The summed E-state index contributed by atoms with van der Waals surface area (Å²) in [6.07, 6.45) is 0. The zero-order valence-electron chi connectivity index (χ0n) is 2.32. The first-order valence-electron chi connectivity index (χ1n) is 0.136. The average molecular weight is 578 g/mol. The van der Waals surface area contributed by atoms with Crippen molar-refractivity contribution in [2.45, 2.75) is 0 Å². The first kappa shape index (κ1) is 23.1. The molecule has 0 spiro atoms. The Hall–Kier alpha value is 3.90. The molecule has 1 nitrogen and oxygen atoms in total. The summed E-state index contributed by atoms with van der Waals surface area (Å²) >= 11 is 0.750. The molecule has 0 aliphatic rings. The van der Waals surface area contributed by atoms with E-state index in [4.69, 9.17) is 3.50 Å². The summed E-state index contributed by atoms with van der Waals surface area (Å²) in [5.74, 6) is 0. The minimum absolute atomic E-state index is 0. The molecule has 1 radical (unpaired) electrons. The first-order chi connectivity index (χ1) is 1.00. The van der Waals surface area contributed by atoms with Crippen LogP contribution in [0.15, 0.2) is 0 Å². The minimum atomic E-state index is 0. The molecule has 0 aromatic rings. The predicted octanol–water partition coefficient (Wildman–Crippen LogP) is -0.124. The maximum atomic E-state index is 8.25. The summed E-state index contributed by atoms with van der Waals surface area (Å²) in [5.41, 5.74) is 0. The molecule has 5 heavy (non-hydrogen) atoms. The smallest absolute Gasteiger partial charge is 0 e. The van der Waals surface area contributed by atoms with Crippen LogP contribution in [0.1, 0.15) is 0 Å². The molecule has 5 heteroatoms. The van der Waals surface area contributed by atoms with Crippen molar-refractivity contribution in [1.82, 2.24) is 0 Å². The Labute approximate surface area is 122 Å². The van der Waals surface area contributed by atoms with Crippen LogP contribution in [0.2, 0.25) is 0 Å². The van der Waals surface area contributed by atoms with Gasteiger partial charge in [0.1, 0.15) is 0 Å². The largest absolute Gasteiger partial charge is 0 e. The third-order valence-electron chi connectivity index (χ3n) is 0. The molecule has 0 amide bonds. The molecule has 26 valence electrons. The van der Waals surface area contributed by atoms with Gasteiger partial charge in [0, 0.05) is 104 Å². The molecule has 0 saturated carbocycles. The van der Waals surface area contributed by atoms with Crippen molar-refractivity contribution >= 4 is 0 Å².